The lowest BCUT2D eigenvalue weighted by atomic mass is 10.2. The number of benzene rings is 1. The zero-order valence-electron chi connectivity index (χ0n) is 16.1. The molecule has 1 aliphatic rings. The molecule has 0 aromatic heterocycles. The molecule has 26 heavy (non-hydrogen) atoms. The van der Waals surface area contributed by atoms with Crippen molar-refractivity contribution in [3.8, 4) is 0 Å². The van der Waals surface area contributed by atoms with Crippen molar-refractivity contribution in [3.63, 3.8) is 0 Å². The maximum atomic E-state index is 5.86. The van der Waals surface area contributed by atoms with Crippen LogP contribution in [-0.4, -0.2) is 56.2 Å². The van der Waals surface area contributed by atoms with Crippen LogP contribution in [0.1, 0.15) is 26.3 Å². The number of ether oxygens (including phenoxy) is 1. The van der Waals surface area contributed by atoms with E-state index in [1.807, 2.05) is 26.8 Å². The van der Waals surface area contributed by atoms with Crippen molar-refractivity contribution in [3.05, 3.63) is 47.3 Å². The summed E-state index contributed by atoms with van der Waals surface area (Å²) < 4.78 is 5.86. The van der Waals surface area contributed by atoms with Crippen LogP contribution >= 0.6 is 11.6 Å². The first-order chi connectivity index (χ1) is 12.7. The lowest BCUT2D eigenvalue weighted by molar-refractivity contribution is -0.0289. The van der Waals surface area contributed by atoms with E-state index in [9.17, 15) is 0 Å². The molecule has 5 nitrogen and oxygen atoms in total. The van der Waals surface area contributed by atoms with E-state index in [4.69, 9.17) is 16.3 Å². The summed E-state index contributed by atoms with van der Waals surface area (Å²) in [5, 5.41) is 3.30. The Kier molecular flexibility index (Phi) is 11.6. The predicted molar refractivity (Wildman–Crippen MR) is 112 cm³/mol. The molecule has 1 fully saturated rings. The smallest absolute Gasteiger partial charge is 0.129 e. The second-order valence-corrected chi connectivity index (χ2v) is 5.95. The highest BCUT2D eigenvalue weighted by Gasteiger charge is 2.20. The van der Waals surface area contributed by atoms with Crippen molar-refractivity contribution in [1.82, 2.24) is 10.2 Å². The largest absolute Gasteiger partial charge is 0.374 e. The van der Waals surface area contributed by atoms with E-state index in [1.54, 1.807) is 6.21 Å². The van der Waals surface area contributed by atoms with E-state index in [0.717, 1.165) is 31.8 Å². The standard InChI is InChI=1S/C18H25ClN4O.C2H6/c1-15(10-21-14-19)18(20-2)22-11-17-13-23(8-9-24-17)12-16-6-4-3-5-7-16;1-2/h3-7,10,17,22H,2,8-9,11-14H2,1H3;1-2H3/b18-15+,21-10-;. The SMILES string of the molecule is C=N/C(NCC1CN(Cc2ccccc2)CCO1)=C(C)\C=N/CCl.CC. The van der Waals surface area contributed by atoms with Gasteiger partial charge in [0, 0.05) is 38.0 Å². The van der Waals surface area contributed by atoms with Crippen LogP contribution in [0.5, 0.6) is 0 Å². The van der Waals surface area contributed by atoms with E-state index in [0.29, 0.717) is 12.4 Å². The summed E-state index contributed by atoms with van der Waals surface area (Å²) in [5.41, 5.74) is 2.23. The monoisotopic (exact) mass is 378 g/mol. The van der Waals surface area contributed by atoms with Crippen LogP contribution in [0, 0.1) is 0 Å². The summed E-state index contributed by atoms with van der Waals surface area (Å²) in [5.74, 6) is 0.715. The molecule has 1 aliphatic heterocycles. The number of hydrogen-bond donors (Lipinski definition) is 1. The van der Waals surface area contributed by atoms with Crippen LogP contribution in [-0.2, 0) is 11.3 Å². The summed E-state index contributed by atoms with van der Waals surface area (Å²) in [6, 6.07) is 10.7. The third kappa shape index (κ3) is 8.13. The molecule has 2 rings (SSSR count). The lowest BCUT2D eigenvalue weighted by Gasteiger charge is -2.33. The van der Waals surface area contributed by atoms with Gasteiger partial charge in [0.2, 0.25) is 0 Å². The van der Waals surface area contributed by atoms with Crippen molar-refractivity contribution in [2.75, 3.05) is 32.2 Å². The topological polar surface area (TPSA) is 49.2 Å². The van der Waals surface area contributed by atoms with Gasteiger partial charge in [0.15, 0.2) is 0 Å². The Balaban J connectivity index is 0.00000163. The predicted octanol–water partition coefficient (Wildman–Crippen LogP) is 3.70. The van der Waals surface area contributed by atoms with Crippen LogP contribution < -0.4 is 5.32 Å². The van der Waals surface area contributed by atoms with Crippen molar-refractivity contribution >= 4 is 24.5 Å². The molecular formula is C20H31ClN4O. The molecule has 0 bridgehead atoms. The molecule has 1 unspecified atom stereocenters. The minimum absolute atomic E-state index is 0.122. The molecule has 1 saturated heterocycles. The van der Waals surface area contributed by atoms with E-state index in [-0.39, 0.29) is 12.1 Å². The Labute approximate surface area is 162 Å². The maximum Gasteiger partial charge on any atom is 0.129 e. The van der Waals surface area contributed by atoms with E-state index in [1.165, 1.54) is 5.56 Å². The molecule has 6 heteroatoms. The highest BCUT2D eigenvalue weighted by atomic mass is 35.5. The third-order valence-corrected chi connectivity index (χ3v) is 3.99. The number of morpholine rings is 1. The Morgan fingerprint density at radius 1 is 1.38 bits per heavy atom. The Morgan fingerprint density at radius 3 is 2.77 bits per heavy atom. The zero-order chi connectivity index (χ0) is 19.2. The molecule has 0 spiro atoms. The number of hydrogen-bond acceptors (Lipinski definition) is 5. The van der Waals surface area contributed by atoms with Crippen LogP contribution in [0.15, 0.2) is 51.7 Å². The average Bonchev–Trinajstić information content (AvgIpc) is 2.69. The van der Waals surface area contributed by atoms with Gasteiger partial charge in [-0.25, -0.2) is 4.99 Å². The van der Waals surface area contributed by atoms with Gasteiger partial charge >= 0.3 is 0 Å². The van der Waals surface area contributed by atoms with Crippen LogP contribution in [0.2, 0.25) is 0 Å². The second-order valence-electron chi connectivity index (χ2n) is 5.72. The summed E-state index contributed by atoms with van der Waals surface area (Å²) >= 11 is 5.56. The van der Waals surface area contributed by atoms with Gasteiger partial charge in [-0.05, 0) is 19.2 Å². The molecule has 1 heterocycles. The van der Waals surface area contributed by atoms with Gasteiger partial charge < -0.3 is 10.1 Å². The number of nitrogens with one attached hydrogen (secondary N) is 1. The zero-order valence-corrected chi connectivity index (χ0v) is 16.9. The van der Waals surface area contributed by atoms with Gasteiger partial charge in [-0.2, -0.15) is 0 Å². The van der Waals surface area contributed by atoms with Crippen molar-refractivity contribution in [2.45, 2.75) is 33.4 Å². The number of alkyl halides is 1. The van der Waals surface area contributed by atoms with Gasteiger partial charge in [-0.1, -0.05) is 44.2 Å². The molecule has 0 saturated carbocycles. The summed E-state index contributed by atoms with van der Waals surface area (Å²) in [6.07, 6.45) is 1.82. The van der Waals surface area contributed by atoms with Crippen LogP contribution in [0.3, 0.4) is 0 Å². The summed E-state index contributed by atoms with van der Waals surface area (Å²) in [6.45, 7) is 13.8. The highest BCUT2D eigenvalue weighted by molar-refractivity contribution is 6.18. The quantitative estimate of drug-likeness (QED) is 0.426. The molecule has 1 N–H and O–H groups in total. The molecule has 1 aromatic rings. The Morgan fingerprint density at radius 2 is 2.12 bits per heavy atom. The summed E-state index contributed by atoms with van der Waals surface area (Å²) in [4.78, 5) is 10.5. The first-order valence-corrected chi connectivity index (χ1v) is 9.61. The molecule has 0 aliphatic carbocycles. The van der Waals surface area contributed by atoms with E-state index in [2.05, 4.69) is 51.2 Å². The van der Waals surface area contributed by atoms with Crippen LogP contribution in [0.4, 0.5) is 0 Å². The fourth-order valence-electron chi connectivity index (χ4n) is 2.65. The van der Waals surface area contributed by atoms with Gasteiger partial charge in [-0.3, -0.25) is 9.89 Å². The number of halogens is 1. The highest BCUT2D eigenvalue weighted by Crippen LogP contribution is 2.11. The molecule has 0 amide bonds. The Bertz CT molecular complexity index is 574. The number of rotatable bonds is 8. The van der Waals surface area contributed by atoms with Gasteiger partial charge in [0.05, 0.1) is 12.7 Å². The fourth-order valence-corrected chi connectivity index (χ4v) is 2.72. The van der Waals surface area contributed by atoms with Crippen molar-refractivity contribution in [1.29, 1.82) is 0 Å². The molecule has 0 radical (unpaired) electrons. The first kappa shape index (κ1) is 22.4. The minimum atomic E-state index is 0.122. The maximum absolute atomic E-state index is 5.86. The molecular weight excluding hydrogens is 348 g/mol. The van der Waals surface area contributed by atoms with E-state index >= 15 is 0 Å². The minimum Gasteiger partial charge on any atom is -0.374 e. The number of nitrogens with zero attached hydrogens (tertiary/aromatic N) is 3. The van der Waals surface area contributed by atoms with Crippen molar-refractivity contribution < 1.29 is 4.74 Å². The second kappa shape index (κ2) is 13.5. The normalized spacial score (nSPS) is 18.7. The Hall–Kier alpha value is -1.69. The third-order valence-electron chi connectivity index (χ3n) is 3.85. The number of allylic oxidation sites excluding steroid dienone is 1. The molecule has 1 atom stereocenters. The molecule has 1 aromatic carbocycles. The van der Waals surface area contributed by atoms with Crippen molar-refractivity contribution in [2.24, 2.45) is 9.98 Å². The van der Waals surface area contributed by atoms with Gasteiger partial charge in [-0.15, -0.1) is 11.6 Å². The number of aliphatic imine (C=N–C) groups is 2. The van der Waals surface area contributed by atoms with Gasteiger partial charge in [0.25, 0.3) is 0 Å². The average molecular weight is 379 g/mol. The van der Waals surface area contributed by atoms with Gasteiger partial charge in [0.1, 0.15) is 11.8 Å². The molecule has 144 valence electrons. The lowest BCUT2D eigenvalue weighted by Crippen LogP contribution is -2.46. The summed E-state index contributed by atoms with van der Waals surface area (Å²) in [7, 11) is 0. The fraction of sp³-hybridized carbons (Fsp3) is 0.500. The van der Waals surface area contributed by atoms with E-state index < -0.39 is 0 Å². The first-order valence-electron chi connectivity index (χ1n) is 9.08. The van der Waals surface area contributed by atoms with Crippen LogP contribution in [0.25, 0.3) is 0 Å².